The summed E-state index contributed by atoms with van der Waals surface area (Å²) < 4.78 is 5.64. The zero-order valence-electron chi connectivity index (χ0n) is 12.9. The minimum atomic E-state index is -0.482. The maximum atomic E-state index is 11.7. The molecule has 0 N–H and O–H groups in total. The van der Waals surface area contributed by atoms with Gasteiger partial charge in [-0.05, 0) is 61.8 Å². The van der Waals surface area contributed by atoms with Crippen LogP contribution in [0.1, 0.15) is 24.2 Å². The number of aromatic nitrogens is 1. The fraction of sp³-hybridized carbons (Fsp3) is 0.158. The van der Waals surface area contributed by atoms with Crippen molar-refractivity contribution in [2.24, 2.45) is 0 Å². The van der Waals surface area contributed by atoms with Crippen LogP contribution in [0.5, 0.6) is 5.75 Å². The fourth-order valence-electron chi connectivity index (χ4n) is 2.46. The lowest BCUT2D eigenvalue weighted by Gasteiger charge is -2.11. The number of ether oxygens (including phenoxy) is 1. The highest BCUT2D eigenvalue weighted by molar-refractivity contribution is 6.68. The minimum Gasteiger partial charge on any atom is -0.491 e. The second-order valence-corrected chi connectivity index (χ2v) is 5.88. The van der Waals surface area contributed by atoms with E-state index < -0.39 is 5.24 Å². The Morgan fingerprint density at radius 2 is 1.78 bits per heavy atom. The molecular formula is C19H16ClNO2. The normalized spacial score (nSPS) is 11.0. The Morgan fingerprint density at radius 3 is 2.43 bits per heavy atom. The first-order chi connectivity index (χ1) is 11.0. The maximum absolute atomic E-state index is 11.7. The van der Waals surface area contributed by atoms with E-state index in [-0.39, 0.29) is 6.10 Å². The topological polar surface area (TPSA) is 39.2 Å². The molecule has 0 unspecified atom stereocenters. The molecule has 3 rings (SSSR count). The van der Waals surface area contributed by atoms with Crippen molar-refractivity contribution >= 4 is 27.7 Å². The van der Waals surface area contributed by atoms with Crippen LogP contribution >= 0.6 is 11.6 Å². The monoisotopic (exact) mass is 325 g/mol. The SMILES string of the molecule is CC(C)Oc1ccc(-c2cc(C(=O)Cl)c3ccccc3n2)cc1. The van der Waals surface area contributed by atoms with Crippen molar-refractivity contribution in [3.05, 3.63) is 60.2 Å². The number of carbonyl (C=O) groups is 1. The van der Waals surface area contributed by atoms with Crippen molar-refractivity contribution in [3.8, 4) is 17.0 Å². The van der Waals surface area contributed by atoms with E-state index in [1.54, 1.807) is 6.07 Å². The first-order valence-electron chi connectivity index (χ1n) is 7.41. The number of pyridine rings is 1. The van der Waals surface area contributed by atoms with Crippen molar-refractivity contribution in [1.29, 1.82) is 0 Å². The predicted molar refractivity (Wildman–Crippen MR) is 93.1 cm³/mol. The minimum absolute atomic E-state index is 0.125. The maximum Gasteiger partial charge on any atom is 0.253 e. The summed E-state index contributed by atoms with van der Waals surface area (Å²) in [5.41, 5.74) is 2.83. The van der Waals surface area contributed by atoms with Gasteiger partial charge in [-0.3, -0.25) is 4.79 Å². The van der Waals surface area contributed by atoms with Crippen LogP contribution in [0.15, 0.2) is 54.6 Å². The standard InChI is InChI=1S/C19H16ClNO2/c1-12(2)23-14-9-7-13(8-10-14)18-11-16(19(20)22)15-5-3-4-6-17(15)21-18/h3-12H,1-2H3. The number of nitrogens with zero attached hydrogens (tertiary/aromatic N) is 1. The molecule has 0 aliphatic rings. The van der Waals surface area contributed by atoms with Gasteiger partial charge in [0.2, 0.25) is 0 Å². The van der Waals surface area contributed by atoms with Crippen molar-refractivity contribution in [3.63, 3.8) is 0 Å². The Hall–Kier alpha value is -2.39. The number of hydrogen-bond donors (Lipinski definition) is 0. The Kier molecular flexibility index (Phi) is 4.30. The third-order valence-electron chi connectivity index (χ3n) is 3.45. The Balaban J connectivity index is 2.07. The number of carbonyl (C=O) groups excluding carboxylic acids is 1. The number of para-hydroxylation sites is 1. The molecule has 2 aromatic carbocycles. The van der Waals surface area contributed by atoms with E-state index in [9.17, 15) is 4.79 Å². The number of halogens is 1. The fourth-order valence-corrected chi connectivity index (χ4v) is 2.62. The highest BCUT2D eigenvalue weighted by Gasteiger charge is 2.12. The van der Waals surface area contributed by atoms with Gasteiger partial charge in [-0.1, -0.05) is 18.2 Å². The molecule has 116 valence electrons. The van der Waals surface area contributed by atoms with Crippen LogP contribution in [0.25, 0.3) is 22.2 Å². The van der Waals surface area contributed by atoms with E-state index in [0.717, 1.165) is 22.2 Å². The Labute approximate surface area is 139 Å². The summed E-state index contributed by atoms with van der Waals surface area (Å²) in [6, 6.07) is 16.9. The average Bonchev–Trinajstić information content (AvgIpc) is 2.54. The highest BCUT2D eigenvalue weighted by atomic mass is 35.5. The lowest BCUT2D eigenvalue weighted by Crippen LogP contribution is -2.05. The van der Waals surface area contributed by atoms with Crippen molar-refractivity contribution in [1.82, 2.24) is 4.98 Å². The molecule has 0 saturated carbocycles. The van der Waals surface area contributed by atoms with Crippen LogP contribution in [0.2, 0.25) is 0 Å². The molecule has 0 spiro atoms. The van der Waals surface area contributed by atoms with E-state index in [1.165, 1.54) is 0 Å². The van der Waals surface area contributed by atoms with E-state index in [0.29, 0.717) is 11.3 Å². The van der Waals surface area contributed by atoms with Crippen LogP contribution in [0.4, 0.5) is 0 Å². The van der Waals surface area contributed by atoms with Gasteiger partial charge in [0, 0.05) is 16.5 Å². The Bertz CT molecular complexity index is 857. The molecule has 0 aliphatic heterocycles. The van der Waals surface area contributed by atoms with Gasteiger partial charge in [0.25, 0.3) is 5.24 Å². The molecule has 23 heavy (non-hydrogen) atoms. The molecule has 3 nitrogen and oxygen atoms in total. The summed E-state index contributed by atoms with van der Waals surface area (Å²) in [5, 5.41) is 0.278. The smallest absolute Gasteiger partial charge is 0.253 e. The summed E-state index contributed by atoms with van der Waals surface area (Å²) >= 11 is 5.74. The largest absolute Gasteiger partial charge is 0.491 e. The van der Waals surface area contributed by atoms with Crippen molar-refractivity contribution in [2.45, 2.75) is 20.0 Å². The second-order valence-electron chi connectivity index (χ2n) is 5.54. The molecule has 0 saturated heterocycles. The summed E-state index contributed by atoms with van der Waals surface area (Å²) in [7, 11) is 0. The first-order valence-corrected chi connectivity index (χ1v) is 7.79. The number of fused-ring (bicyclic) bond motifs is 1. The third kappa shape index (κ3) is 3.35. The molecule has 0 amide bonds. The first kappa shape index (κ1) is 15.5. The Morgan fingerprint density at radius 1 is 1.09 bits per heavy atom. The van der Waals surface area contributed by atoms with E-state index >= 15 is 0 Å². The molecule has 1 aromatic heterocycles. The number of rotatable bonds is 4. The summed E-state index contributed by atoms with van der Waals surface area (Å²) in [5.74, 6) is 0.804. The highest BCUT2D eigenvalue weighted by Crippen LogP contribution is 2.27. The van der Waals surface area contributed by atoms with Gasteiger partial charge in [-0.15, -0.1) is 0 Å². The zero-order valence-corrected chi connectivity index (χ0v) is 13.7. The van der Waals surface area contributed by atoms with Crippen LogP contribution in [-0.4, -0.2) is 16.3 Å². The number of benzene rings is 2. The molecule has 0 fully saturated rings. The van der Waals surface area contributed by atoms with Gasteiger partial charge < -0.3 is 4.74 Å². The second kappa shape index (κ2) is 6.39. The molecule has 4 heteroatoms. The zero-order chi connectivity index (χ0) is 16.4. The van der Waals surface area contributed by atoms with Gasteiger partial charge >= 0.3 is 0 Å². The summed E-state index contributed by atoms with van der Waals surface area (Å²) in [6.07, 6.45) is 0.125. The van der Waals surface area contributed by atoms with Crippen LogP contribution in [-0.2, 0) is 0 Å². The van der Waals surface area contributed by atoms with E-state index in [1.807, 2.05) is 62.4 Å². The van der Waals surface area contributed by atoms with Gasteiger partial charge in [-0.2, -0.15) is 0 Å². The van der Waals surface area contributed by atoms with Gasteiger partial charge in [0.1, 0.15) is 5.75 Å². The van der Waals surface area contributed by atoms with E-state index in [4.69, 9.17) is 16.3 Å². The molecule has 0 bridgehead atoms. The summed E-state index contributed by atoms with van der Waals surface area (Å²) in [6.45, 7) is 3.97. The van der Waals surface area contributed by atoms with Crippen LogP contribution in [0.3, 0.4) is 0 Å². The lowest BCUT2D eigenvalue weighted by molar-refractivity contribution is 0.108. The molecule has 1 heterocycles. The van der Waals surface area contributed by atoms with Gasteiger partial charge in [0.05, 0.1) is 17.3 Å². The van der Waals surface area contributed by atoms with Crippen LogP contribution in [0, 0.1) is 0 Å². The summed E-state index contributed by atoms with van der Waals surface area (Å²) in [4.78, 5) is 16.4. The molecule has 0 radical (unpaired) electrons. The third-order valence-corrected chi connectivity index (χ3v) is 3.65. The van der Waals surface area contributed by atoms with Crippen LogP contribution < -0.4 is 4.74 Å². The van der Waals surface area contributed by atoms with Gasteiger partial charge in [-0.25, -0.2) is 4.98 Å². The predicted octanol–water partition coefficient (Wildman–Crippen LogP) is 5.07. The average molecular weight is 326 g/mol. The lowest BCUT2D eigenvalue weighted by atomic mass is 10.0. The molecule has 0 atom stereocenters. The number of hydrogen-bond acceptors (Lipinski definition) is 3. The van der Waals surface area contributed by atoms with E-state index in [2.05, 4.69) is 4.98 Å². The van der Waals surface area contributed by atoms with Crippen molar-refractivity contribution < 1.29 is 9.53 Å². The van der Waals surface area contributed by atoms with Gasteiger partial charge in [0.15, 0.2) is 0 Å². The molecular weight excluding hydrogens is 310 g/mol. The quantitative estimate of drug-likeness (QED) is 0.629. The molecule has 3 aromatic rings. The molecule has 0 aliphatic carbocycles. The van der Waals surface area contributed by atoms with Crippen molar-refractivity contribution in [2.75, 3.05) is 0 Å².